The normalized spacial score (nSPS) is 17.1. The van der Waals surface area contributed by atoms with Crippen LogP contribution in [-0.2, 0) is 0 Å². The van der Waals surface area contributed by atoms with Gasteiger partial charge in [-0.25, -0.2) is 15.0 Å². The standard InChI is InChI=1S/C45H33N3S/c1-4-12-30(13-5-1)35-18-10-19-37(28-35)45-47-43(33-16-8-3-9-17-33)46-44(48-45)34-24-22-32(23-25-34)38-20-11-21-40-39-27-26-36(29-41(39)49-42(38)40)31-14-6-2-7-15-31/h1-14,16-24,26-29,31,34H,15,25H2. The molecule has 49 heavy (non-hydrogen) atoms. The molecule has 2 atom stereocenters. The number of allylic oxidation sites excluding steroid dienone is 8. The van der Waals surface area contributed by atoms with Crippen LogP contribution in [0.25, 0.3) is 59.6 Å². The van der Waals surface area contributed by atoms with Crippen molar-refractivity contribution in [2.75, 3.05) is 0 Å². The zero-order valence-electron chi connectivity index (χ0n) is 26.9. The summed E-state index contributed by atoms with van der Waals surface area (Å²) in [6.07, 6.45) is 17.7. The molecule has 2 aliphatic rings. The van der Waals surface area contributed by atoms with Crippen molar-refractivity contribution in [2.45, 2.75) is 24.7 Å². The monoisotopic (exact) mass is 647 g/mol. The van der Waals surface area contributed by atoms with Crippen LogP contribution in [0.2, 0.25) is 0 Å². The van der Waals surface area contributed by atoms with Gasteiger partial charge in [0.15, 0.2) is 11.6 Å². The third-order valence-electron chi connectivity index (χ3n) is 9.59. The van der Waals surface area contributed by atoms with Gasteiger partial charge in [-0.05, 0) is 52.8 Å². The van der Waals surface area contributed by atoms with Gasteiger partial charge in [0.2, 0.25) is 0 Å². The maximum Gasteiger partial charge on any atom is 0.163 e. The molecule has 5 aromatic carbocycles. The summed E-state index contributed by atoms with van der Waals surface area (Å²) in [6, 6.07) is 42.9. The fraction of sp³-hybridized carbons (Fsp3) is 0.0889. The van der Waals surface area contributed by atoms with Crippen molar-refractivity contribution >= 4 is 37.1 Å². The Labute approximate surface area is 290 Å². The van der Waals surface area contributed by atoms with Gasteiger partial charge in [0.25, 0.3) is 0 Å². The highest BCUT2D eigenvalue weighted by Crippen LogP contribution is 2.42. The second kappa shape index (κ2) is 12.7. The van der Waals surface area contributed by atoms with Crippen molar-refractivity contribution in [3.05, 3.63) is 181 Å². The summed E-state index contributed by atoms with van der Waals surface area (Å²) in [4.78, 5) is 15.1. The lowest BCUT2D eigenvalue weighted by Crippen LogP contribution is -2.08. The molecule has 0 fully saturated rings. The van der Waals surface area contributed by atoms with Crippen LogP contribution in [0.15, 0.2) is 164 Å². The molecule has 0 radical (unpaired) electrons. The van der Waals surface area contributed by atoms with Crippen molar-refractivity contribution in [3.8, 4) is 33.9 Å². The molecule has 0 amide bonds. The summed E-state index contributed by atoms with van der Waals surface area (Å²) in [6.45, 7) is 0. The first kappa shape index (κ1) is 29.4. The number of aromatic nitrogens is 3. The third-order valence-corrected chi connectivity index (χ3v) is 10.8. The van der Waals surface area contributed by atoms with Gasteiger partial charge in [-0.2, -0.15) is 0 Å². The smallest absolute Gasteiger partial charge is 0.163 e. The van der Waals surface area contributed by atoms with E-state index in [1.54, 1.807) is 0 Å². The highest BCUT2D eigenvalue weighted by atomic mass is 32.1. The maximum atomic E-state index is 5.10. The van der Waals surface area contributed by atoms with Crippen LogP contribution >= 0.6 is 11.3 Å². The average molecular weight is 648 g/mol. The Kier molecular flexibility index (Phi) is 7.64. The highest BCUT2D eigenvalue weighted by molar-refractivity contribution is 7.26. The van der Waals surface area contributed by atoms with E-state index in [1.807, 2.05) is 35.6 Å². The van der Waals surface area contributed by atoms with E-state index in [0.29, 0.717) is 17.6 Å². The topological polar surface area (TPSA) is 38.7 Å². The number of fused-ring (bicyclic) bond motifs is 3. The van der Waals surface area contributed by atoms with Crippen LogP contribution < -0.4 is 0 Å². The second-order valence-electron chi connectivity index (χ2n) is 12.7. The molecule has 0 N–H and O–H groups in total. The molecule has 9 rings (SSSR count). The summed E-state index contributed by atoms with van der Waals surface area (Å²) in [7, 11) is 0. The van der Waals surface area contributed by atoms with E-state index in [9.17, 15) is 0 Å². The number of hydrogen-bond acceptors (Lipinski definition) is 4. The fourth-order valence-electron chi connectivity index (χ4n) is 6.98. The summed E-state index contributed by atoms with van der Waals surface area (Å²) >= 11 is 1.91. The largest absolute Gasteiger partial charge is 0.212 e. The fourth-order valence-corrected chi connectivity index (χ4v) is 8.27. The molecule has 7 aromatic rings. The van der Waals surface area contributed by atoms with Crippen molar-refractivity contribution in [1.29, 1.82) is 0 Å². The summed E-state index contributed by atoms with van der Waals surface area (Å²) in [5.41, 5.74) is 8.20. The minimum absolute atomic E-state index is 0.0482. The number of benzene rings is 5. The van der Waals surface area contributed by atoms with Gasteiger partial charge in [0.1, 0.15) is 5.82 Å². The van der Waals surface area contributed by atoms with Gasteiger partial charge in [-0.1, -0.05) is 152 Å². The van der Waals surface area contributed by atoms with E-state index in [-0.39, 0.29) is 5.92 Å². The first-order valence-corrected chi connectivity index (χ1v) is 17.7. The quantitative estimate of drug-likeness (QED) is 0.180. The van der Waals surface area contributed by atoms with Crippen molar-refractivity contribution in [3.63, 3.8) is 0 Å². The zero-order chi connectivity index (χ0) is 32.6. The predicted molar refractivity (Wildman–Crippen MR) is 206 cm³/mol. The summed E-state index contributed by atoms with van der Waals surface area (Å²) < 4.78 is 2.69. The van der Waals surface area contributed by atoms with Crippen LogP contribution in [-0.4, -0.2) is 15.0 Å². The first-order chi connectivity index (χ1) is 24.3. The molecule has 234 valence electrons. The Balaban J connectivity index is 1.06. The minimum atomic E-state index is 0.0482. The summed E-state index contributed by atoms with van der Waals surface area (Å²) in [5.74, 6) is 2.68. The van der Waals surface area contributed by atoms with E-state index < -0.39 is 0 Å². The van der Waals surface area contributed by atoms with Gasteiger partial charge >= 0.3 is 0 Å². The third kappa shape index (κ3) is 5.75. The summed E-state index contributed by atoms with van der Waals surface area (Å²) in [5, 5.41) is 2.66. The lowest BCUT2D eigenvalue weighted by Gasteiger charge is -2.17. The zero-order valence-corrected chi connectivity index (χ0v) is 27.7. The maximum absolute atomic E-state index is 5.10. The van der Waals surface area contributed by atoms with Gasteiger partial charge in [0, 0.05) is 43.1 Å². The molecular formula is C45H33N3S. The molecular weight excluding hydrogens is 615 g/mol. The molecule has 2 aliphatic carbocycles. The van der Waals surface area contributed by atoms with Gasteiger partial charge < -0.3 is 0 Å². The van der Waals surface area contributed by atoms with E-state index in [2.05, 4.69) is 140 Å². The number of nitrogens with zero attached hydrogens (tertiary/aromatic N) is 3. The molecule has 0 spiro atoms. The minimum Gasteiger partial charge on any atom is -0.212 e. The number of rotatable bonds is 6. The van der Waals surface area contributed by atoms with Crippen LogP contribution in [0.3, 0.4) is 0 Å². The van der Waals surface area contributed by atoms with Crippen LogP contribution in [0.1, 0.15) is 41.6 Å². The van der Waals surface area contributed by atoms with Crippen molar-refractivity contribution in [1.82, 2.24) is 15.0 Å². The lowest BCUT2D eigenvalue weighted by atomic mass is 9.91. The second-order valence-corrected chi connectivity index (χ2v) is 13.8. The molecule has 0 bridgehead atoms. The first-order valence-electron chi connectivity index (χ1n) is 16.9. The molecule has 2 aromatic heterocycles. The average Bonchev–Trinajstić information content (AvgIpc) is 3.57. The van der Waals surface area contributed by atoms with Crippen LogP contribution in [0.4, 0.5) is 0 Å². The Morgan fingerprint density at radius 3 is 2.08 bits per heavy atom. The van der Waals surface area contributed by atoms with E-state index >= 15 is 0 Å². The van der Waals surface area contributed by atoms with Crippen molar-refractivity contribution < 1.29 is 0 Å². The van der Waals surface area contributed by atoms with E-state index in [1.165, 1.54) is 42.4 Å². The molecule has 2 unspecified atom stereocenters. The molecule has 0 saturated carbocycles. The van der Waals surface area contributed by atoms with E-state index in [0.717, 1.165) is 35.4 Å². The van der Waals surface area contributed by atoms with Gasteiger partial charge in [-0.3, -0.25) is 0 Å². The van der Waals surface area contributed by atoms with Gasteiger partial charge in [-0.15, -0.1) is 11.3 Å². The molecule has 2 heterocycles. The number of thiophene rings is 1. The SMILES string of the molecule is C1=CCC(c2ccc3c(c2)sc2c(C4=CCC(c5nc(-c6ccccc6)nc(-c6cccc(-c7ccccc7)c6)n5)C=C4)cccc23)C=C1. The predicted octanol–water partition coefficient (Wildman–Crippen LogP) is 12.0. The molecule has 3 nitrogen and oxygen atoms in total. The molecule has 0 aliphatic heterocycles. The Hall–Kier alpha value is -5.71. The van der Waals surface area contributed by atoms with Crippen LogP contribution in [0.5, 0.6) is 0 Å². The molecule has 4 heteroatoms. The Bertz CT molecular complexity index is 2450. The van der Waals surface area contributed by atoms with Crippen LogP contribution in [0, 0.1) is 0 Å². The Morgan fingerprint density at radius 2 is 1.31 bits per heavy atom. The van der Waals surface area contributed by atoms with Gasteiger partial charge in [0.05, 0.1) is 0 Å². The van der Waals surface area contributed by atoms with E-state index in [4.69, 9.17) is 15.0 Å². The Morgan fingerprint density at radius 1 is 0.551 bits per heavy atom. The van der Waals surface area contributed by atoms with Crippen molar-refractivity contribution in [2.24, 2.45) is 0 Å². The molecule has 0 saturated heterocycles. The highest BCUT2D eigenvalue weighted by Gasteiger charge is 2.21. The lowest BCUT2D eigenvalue weighted by molar-refractivity contribution is 0.766. The number of hydrogen-bond donors (Lipinski definition) is 0.